The minimum atomic E-state index is -0.165. The van der Waals surface area contributed by atoms with Crippen molar-refractivity contribution in [2.24, 2.45) is 7.05 Å². The Hall–Kier alpha value is -1.01. The van der Waals surface area contributed by atoms with Crippen LogP contribution >= 0.6 is 11.8 Å². The van der Waals surface area contributed by atoms with Crippen molar-refractivity contribution in [3.63, 3.8) is 0 Å². The van der Waals surface area contributed by atoms with Gasteiger partial charge in [-0.3, -0.25) is 4.79 Å². The lowest BCUT2D eigenvalue weighted by Gasteiger charge is -2.44. The Morgan fingerprint density at radius 3 is 2.91 bits per heavy atom. The number of rotatable bonds is 4. The van der Waals surface area contributed by atoms with Crippen LogP contribution < -0.4 is 0 Å². The Kier molecular flexibility index (Phi) is 5.31. The summed E-state index contributed by atoms with van der Waals surface area (Å²) in [6, 6.07) is 0. The molecule has 6 heteroatoms. The van der Waals surface area contributed by atoms with Crippen LogP contribution in [0.15, 0.2) is 12.4 Å². The van der Waals surface area contributed by atoms with E-state index in [-0.39, 0.29) is 18.6 Å². The highest BCUT2D eigenvalue weighted by atomic mass is 32.2. The molecular weight excluding hydrogens is 310 g/mol. The fourth-order valence-corrected chi connectivity index (χ4v) is 5.26. The molecule has 2 aliphatic rings. The van der Waals surface area contributed by atoms with Crippen molar-refractivity contribution in [1.82, 2.24) is 14.5 Å². The van der Waals surface area contributed by atoms with Crippen molar-refractivity contribution in [2.75, 3.05) is 25.4 Å². The molecule has 1 amide bonds. The van der Waals surface area contributed by atoms with Gasteiger partial charge in [-0.2, -0.15) is 11.8 Å². The van der Waals surface area contributed by atoms with Gasteiger partial charge in [-0.25, -0.2) is 4.98 Å². The second-order valence-corrected chi connectivity index (χ2v) is 8.32. The number of carbonyl (C=O) groups excluding carboxylic acids is 1. The number of nitrogens with zero attached hydrogens (tertiary/aromatic N) is 3. The number of carbonyl (C=O) groups is 1. The van der Waals surface area contributed by atoms with Gasteiger partial charge in [0.25, 0.3) is 0 Å². The van der Waals surface area contributed by atoms with E-state index in [1.165, 1.54) is 32.1 Å². The molecule has 2 fully saturated rings. The Morgan fingerprint density at radius 1 is 1.43 bits per heavy atom. The highest BCUT2D eigenvalue weighted by Gasteiger charge is 2.38. The Bertz CT molecular complexity index is 534. The third-order valence-electron chi connectivity index (χ3n) is 5.04. The number of ether oxygens (including phenoxy) is 1. The first-order valence-corrected chi connectivity index (χ1v) is 9.59. The molecule has 3 rings (SSSR count). The molecule has 1 saturated carbocycles. The first kappa shape index (κ1) is 16.8. The molecule has 1 aromatic heterocycles. The third-order valence-corrected chi connectivity index (χ3v) is 6.58. The summed E-state index contributed by atoms with van der Waals surface area (Å²) in [5, 5.41) is 0. The van der Waals surface area contributed by atoms with Crippen LogP contribution in [0.25, 0.3) is 0 Å². The van der Waals surface area contributed by atoms with Crippen molar-refractivity contribution < 1.29 is 9.53 Å². The Labute approximate surface area is 142 Å². The molecule has 1 aliphatic carbocycles. The van der Waals surface area contributed by atoms with Crippen molar-refractivity contribution in [1.29, 1.82) is 0 Å². The van der Waals surface area contributed by atoms with E-state index in [0.717, 1.165) is 24.7 Å². The quantitative estimate of drug-likeness (QED) is 0.848. The summed E-state index contributed by atoms with van der Waals surface area (Å²) in [6.07, 6.45) is 9.96. The molecule has 1 saturated heterocycles. The van der Waals surface area contributed by atoms with Crippen molar-refractivity contribution in [3.8, 4) is 0 Å². The summed E-state index contributed by atoms with van der Waals surface area (Å²) < 4.78 is 8.03. The molecule has 0 N–H and O–H groups in total. The second-order valence-electron chi connectivity index (χ2n) is 6.76. The zero-order valence-electron chi connectivity index (χ0n) is 14.2. The van der Waals surface area contributed by atoms with E-state index in [0.29, 0.717) is 4.75 Å². The average Bonchev–Trinajstić information content (AvgIpc) is 2.99. The monoisotopic (exact) mass is 337 g/mol. The largest absolute Gasteiger partial charge is 0.361 e. The smallest absolute Gasteiger partial charge is 0.248 e. The predicted octanol–water partition coefficient (Wildman–Crippen LogP) is 2.78. The van der Waals surface area contributed by atoms with Crippen LogP contribution in [0.1, 0.15) is 51.0 Å². The molecular formula is C17H27N3O2S. The predicted molar refractivity (Wildman–Crippen MR) is 92.4 cm³/mol. The summed E-state index contributed by atoms with van der Waals surface area (Å²) in [4.78, 5) is 18.9. The van der Waals surface area contributed by atoms with E-state index >= 15 is 0 Å². The number of imidazole rings is 1. The van der Waals surface area contributed by atoms with Gasteiger partial charge >= 0.3 is 0 Å². The molecule has 2 heterocycles. The third kappa shape index (κ3) is 3.91. The van der Waals surface area contributed by atoms with Gasteiger partial charge in [-0.05, 0) is 19.8 Å². The molecule has 5 nitrogen and oxygen atoms in total. The standard InChI is InChI=1S/C17H27N3O2S/c1-14(16-18-8-9-19(16)2)22-12-15(21)20-10-11-23-17(13-20)6-4-3-5-7-17/h8-9,14H,3-7,10-13H2,1-2H3. The van der Waals surface area contributed by atoms with E-state index in [1.807, 2.05) is 29.6 Å². The molecule has 128 valence electrons. The van der Waals surface area contributed by atoms with Crippen molar-refractivity contribution in [2.45, 2.75) is 49.9 Å². The number of hydrogen-bond donors (Lipinski definition) is 0. The van der Waals surface area contributed by atoms with Crippen LogP contribution in [0.4, 0.5) is 0 Å². The molecule has 1 aromatic rings. The van der Waals surface area contributed by atoms with Gasteiger partial charge in [0.15, 0.2) is 0 Å². The van der Waals surface area contributed by atoms with E-state index in [2.05, 4.69) is 16.7 Å². The Balaban J connectivity index is 1.52. The number of thioether (sulfide) groups is 1. The molecule has 0 bridgehead atoms. The van der Waals surface area contributed by atoms with E-state index in [1.54, 1.807) is 6.20 Å². The zero-order valence-corrected chi connectivity index (χ0v) is 15.0. The summed E-state index contributed by atoms with van der Waals surface area (Å²) in [5.41, 5.74) is 0. The van der Waals surface area contributed by atoms with Crippen molar-refractivity contribution >= 4 is 17.7 Å². The second kappa shape index (κ2) is 7.26. The summed E-state index contributed by atoms with van der Waals surface area (Å²) in [5.74, 6) is 2.03. The van der Waals surface area contributed by atoms with E-state index < -0.39 is 0 Å². The maximum absolute atomic E-state index is 12.5. The van der Waals surface area contributed by atoms with Crippen LogP contribution in [0, 0.1) is 0 Å². The van der Waals surface area contributed by atoms with Crippen LogP contribution in [-0.2, 0) is 16.6 Å². The lowest BCUT2D eigenvalue weighted by atomic mass is 9.87. The van der Waals surface area contributed by atoms with Gasteiger partial charge in [0, 0.05) is 43.0 Å². The van der Waals surface area contributed by atoms with Crippen LogP contribution in [0.2, 0.25) is 0 Å². The van der Waals surface area contributed by atoms with Crippen LogP contribution in [0.3, 0.4) is 0 Å². The molecule has 1 aliphatic heterocycles. The minimum absolute atomic E-state index is 0.122. The summed E-state index contributed by atoms with van der Waals surface area (Å²) >= 11 is 2.08. The number of hydrogen-bond acceptors (Lipinski definition) is 4. The van der Waals surface area contributed by atoms with Gasteiger partial charge < -0.3 is 14.2 Å². The first-order chi connectivity index (χ1) is 11.1. The van der Waals surface area contributed by atoms with E-state index in [4.69, 9.17) is 4.74 Å². The normalized spacial score (nSPS) is 22.3. The van der Waals surface area contributed by atoms with Crippen LogP contribution in [-0.4, -0.2) is 50.6 Å². The lowest BCUT2D eigenvalue weighted by molar-refractivity contribution is -0.138. The maximum Gasteiger partial charge on any atom is 0.248 e. The SMILES string of the molecule is CC(OCC(=O)N1CCSC2(CCCCC2)C1)c1nccn1C. The summed E-state index contributed by atoms with van der Waals surface area (Å²) in [6.45, 7) is 3.85. The highest BCUT2D eigenvalue weighted by molar-refractivity contribution is 8.00. The van der Waals surface area contributed by atoms with Gasteiger partial charge in [0.05, 0.1) is 0 Å². The maximum atomic E-state index is 12.5. The molecule has 0 radical (unpaired) electrons. The topological polar surface area (TPSA) is 47.4 Å². The molecule has 0 aromatic carbocycles. The number of aryl methyl sites for hydroxylation is 1. The average molecular weight is 337 g/mol. The minimum Gasteiger partial charge on any atom is -0.361 e. The zero-order chi connectivity index (χ0) is 16.3. The van der Waals surface area contributed by atoms with Gasteiger partial charge in [-0.1, -0.05) is 19.3 Å². The van der Waals surface area contributed by atoms with Gasteiger partial charge in [-0.15, -0.1) is 0 Å². The first-order valence-electron chi connectivity index (χ1n) is 8.60. The number of amides is 1. The van der Waals surface area contributed by atoms with Crippen molar-refractivity contribution in [3.05, 3.63) is 18.2 Å². The highest BCUT2D eigenvalue weighted by Crippen LogP contribution is 2.42. The molecule has 23 heavy (non-hydrogen) atoms. The molecule has 1 spiro atoms. The fraction of sp³-hybridized carbons (Fsp3) is 0.765. The molecule has 1 atom stereocenters. The van der Waals surface area contributed by atoms with E-state index in [9.17, 15) is 4.79 Å². The molecule has 1 unspecified atom stereocenters. The lowest BCUT2D eigenvalue weighted by Crippen LogP contribution is -2.50. The van der Waals surface area contributed by atoms with Gasteiger partial charge in [0.2, 0.25) is 5.91 Å². The van der Waals surface area contributed by atoms with Gasteiger partial charge in [0.1, 0.15) is 18.5 Å². The number of aromatic nitrogens is 2. The van der Waals surface area contributed by atoms with Crippen LogP contribution in [0.5, 0.6) is 0 Å². The summed E-state index contributed by atoms with van der Waals surface area (Å²) in [7, 11) is 1.94. The fourth-order valence-electron chi connectivity index (χ4n) is 3.69. The Morgan fingerprint density at radius 2 is 2.22 bits per heavy atom.